The van der Waals surface area contributed by atoms with E-state index < -0.39 is 0 Å². The number of fused-ring (bicyclic) bond motifs is 1. The molecule has 4 aromatic carbocycles. The predicted molar refractivity (Wildman–Crippen MR) is 103 cm³/mol. The first-order chi connectivity index (χ1) is 11.9. The lowest BCUT2D eigenvalue weighted by atomic mass is 9.89. The molecule has 0 amide bonds. The van der Waals surface area contributed by atoms with Crippen LogP contribution in [0.1, 0.15) is 0 Å². The highest BCUT2D eigenvalue weighted by atomic mass is 15.2. The summed E-state index contributed by atoms with van der Waals surface area (Å²) in [4.78, 5) is 0. The molecule has 0 aliphatic carbocycles. The number of nitrogens with two attached hydrogens (primary N) is 1. The summed E-state index contributed by atoms with van der Waals surface area (Å²) in [6, 6.07) is 31.4. The van der Waals surface area contributed by atoms with Crippen molar-refractivity contribution in [1.82, 2.24) is 0 Å². The lowest BCUT2D eigenvalue weighted by molar-refractivity contribution is 1.37. The molecule has 0 saturated heterocycles. The highest BCUT2D eigenvalue weighted by Gasteiger charge is 2.15. The minimum atomic E-state index is 0.957. The van der Waals surface area contributed by atoms with Crippen molar-refractivity contribution in [1.29, 1.82) is 0 Å². The van der Waals surface area contributed by atoms with Gasteiger partial charge in [0.1, 0.15) is 0 Å². The van der Waals surface area contributed by atoms with Gasteiger partial charge in [0.2, 0.25) is 0 Å². The van der Waals surface area contributed by atoms with Gasteiger partial charge in [-0.25, -0.2) is 0 Å². The molecule has 0 spiro atoms. The van der Waals surface area contributed by atoms with Crippen LogP contribution in [0.3, 0.4) is 0 Å². The summed E-state index contributed by atoms with van der Waals surface area (Å²) in [6.45, 7) is 0. The smallest absolute Gasteiger partial charge is 0.0648 e. The van der Waals surface area contributed by atoms with Gasteiger partial charge >= 0.3 is 0 Å². The molecule has 0 fully saturated rings. The fourth-order valence-electron chi connectivity index (χ4n) is 3.25. The minimum Gasteiger partial charge on any atom is -0.323 e. The molecule has 24 heavy (non-hydrogen) atoms. The van der Waals surface area contributed by atoms with Gasteiger partial charge in [-0.15, -0.1) is 0 Å². The number of nitrogen functional groups attached to an aromatic ring is 1. The van der Waals surface area contributed by atoms with Gasteiger partial charge in [0.15, 0.2) is 0 Å². The van der Waals surface area contributed by atoms with E-state index in [9.17, 15) is 0 Å². The maximum atomic E-state index is 5.95. The van der Waals surface area contributed by atoms with Crippen LogP contribution in [-0.2, 0) is 0 Å². The highest BCUT2D eigenvalue weighted by Crippen LogP contribution is 2.42. The normalized spacial score (nSPS) is 10.7. The van der Waals surface area contributed by atoms with Gasteiger partial charge < -0.3 is 5.43 Å². The molecule has 0 aromatic heterocycles. The number of benzene rings is 4. The maximum Gasteiger partial charge on any atom is 0.0648 e. The van der Waals surface area contributed by atoms with Gasteiger partial charge in [-0.05, 0) is 28.1 Å². The van der Waals surface area contributed by atoms with E-state index in [1.54, 1.807) is 0 Å². The van der Waals surface area contributed by atoms with Crippen LogP contribution >= 0.6 is 0 Å². The van der Waals surface area contributed by atoms with Crippen molar-refractivity contribution < 1.29 is 0 Å². The van der Waals surface area contributed by atoms with E-state index in [0.717, 1.165) is 22.2 Å². The van der Waals surface area contributed by atoms with Crippen molar-refractivity contribution in [2.45, 2.75) is 0 Å². The third-order valence-corrected chi connectivity index (χ3v) is 4.34. The lowest BCUT2D eigenvalue weighted by Crippen LogP contribution is -2.09. The molecular formula is C22H18N2. The van der Waals surface area contributed by atoms with Gasteiger partial charge in [0, 0.05) is 10.9 Å². The average molecular weight is 310 g/mol. The van der Waals surface area contributed by atoms with Gasteiger partial charge in [-0.2, -0.15) is 0 Å². The number of hydrogen-bond donors (Lipinski definition) is 2. The molecular weight excluding hydrogens is 292 g/mol. The van der Waals surface area contributed by atoms with Gasteiger partial charge in [0.05, 0.1) is 5.69 Å². The quantitative estimate of drug-likeness (QED) is 0.389. The molecule has 0 radical (unpaired) electrons. The molecule has 4 aromatic rings. The first-order valence-corrected chi connectivity index (χ1v) is 8.01. The zero-order chi connectivity index (χ0) is 16.4. The summed E-state index contributed by atoms with van der Waals surface area (Å²) >= 11 is 0. The van der Waals surface area contributed by atoms with E-state index in [0.29, 0.717) is 0 Å². The van der Waals surface area contributed by atoms with E-state index in [2.05, 4.69) is 78.2 Å². The van der Waals surface area contributed by atoms with Crippen molar-refractivity contribution in [2.75, 3.05) is 5.43 Å². The van der Waals surface area contributed by atoms with Crippen LogP contribution in [0.25, 0.3) is 33.0 Å². The number of anilines is 1. The molecule has 0 bridgehead atoms. The molecule has 4 rings (SSSR count). The predicted octanol–water partition coefficient (Wildman–Crippen LogP) is 5.46. The number of hydrazine groups is 1. The topological polar surface area (TPSA) is 38.0 Å². The summed E-state index contributed by atoms with van der Waals surface area (Å²) in [7, 11) is 0. The monoisotopic (exact) mass is 310 g/mol. The van der Waals surface area contributed by atoms with E-state index in [1.807, 2.05) is 18.2 Å². The van der Waals surface area contributed by atoms with Crippen LogP contribution in [0, 0.1) is 0 Å². The number of hydrogen-bond acceptors (Lipinski definition) is 2. The van der Waals surface area contributed by atoms with E-state index in [-0.39, 0.29) is 0 Å². The second kappa shape index (κ2) is 6.19. The van der Waals surface area contributed by atoms with Crippen molar-refractivity contribution >= 4 is 16.5 Å². The summed E-state index contributed by atoms with van der Waals surface area (Å²) < 4.78 is 0. The van der Waals surface area contributed by atoms with Crippen LogP contribution < -0.4 is 11.3 Å². The third kappa shape index (κ3) is 2.43. The van der Waals surface area contributed by atoms with Crippen LogP contribution in [0.5, 0.6) is 0 Å². The van der Waals surface area contributed by atoms with Crippen molar-refractivity contribution in [2.24, 2.45) is 5.84 Å². The largest absolute Gasteiger partial charge is 0.323 e. The first-order valence-electron chi connectivity index (χ1n) is 8.01. The van der Waals surface area contributed by atoms with Crippen molar-refractivity contribution in [3.8, 4) is 22.3 Å². The highest BCUT2D eigenvalue weighted by molar-refractivity contribution is 6.07. The molecule has 0 unspecified atom stereocenters. The number of rotatable bonds is 3. The average Bonchev–Trinajstić information content (AvgIpc) is 2.67. The lowest BCUT2D eigenvalue weighted by Gasteiger charge is -2.18. The molecule has 0 aliphatic rings. The fraction of sp³-hybridized carbons (Fsp3) is 0. The molecule has 116 valence electrons. The van der Waals surface area contributed by atoms with Gasteiger partial charge in [-0.1, -0.05) is 84.9 Å². The molecule has 2 heteroatoms. The zero-order valence-electron chi connectivity index (χ0n) is 13.2. The van der Waals surface area contributed by atoms with Crippen LogP contribution in [0.15, 0.2) is 91.0 Å². The Morgan fingerprint density at radius 3 is 1.88 bits per heavy atom. The summed E-state index contributed by atoms with van der Waals surface area (Å²) in [5.41, 5.74) is 8.53. The Bertz CT molecular complexity index is 977. The fourth-order valence-corrected chi connectivity index (χ4v) is 3.25. The van der Waals surface area contributed by atoms with Crippen LogP contribution in [-0.4, -0.2) is 0 Å². The van der Waals surface area contributed by atoms with Crippen molar-refractivity contribution in [3.05, 3.63) is 91.0 Å². The summed E-state index contributed by atoms with van der Waals surface area (Å²) in [6.07, 6.45) is 0. The zero-order valence-corrected chi connectivity index (χ0v) is 13.2. The van der Waals surface area contributed by atoms with Crippen LogP contribution in [0.4, 0.5) is 5.69 Å². The second-order valence-corrected chi connectivity index (χ2v) is 5.77. The Balaban J connectivity index is 2.13. The Kier molecular flexibility index (Phi) is 3.73. The second-order valence-electron chi connectivity index (χ2n) is 5.77. The molecule has 2 nitrogen and oxygen atoms in total. The van der Waals surface area contributed by atoms with Gasteiger partial charge in [0.25, 0.3) is 0 Å². The molecule has 0 atom stereocenters. The van der Waals surface area contributed by atoms with E-state index >= 15 is 0 Å². The Hall–Kier alpha value is -3.10. The molecule has 0 heterocycles. The first kappa shape index (κ1) is 14.5. The van der Waals surface area contributed by atoms with E-state index in [4.69, 9.17) is 5.84 Å². The number of nitrogens with one attached hydrogen (secondary N) is 1. The Labute approximate surface area is 141 Å². The van der Waals surface area contributed by atoms with Crippen molar-refractivity contribution in [3.63, 3.8) is 0 Å². The minimum absolute atomic E-state index is 0.957. The van der Waals surface area contributed by atoms with Crippen LogP contribution in [0.2, 0.25) is 0 Å². The standard InChI is InChI=1S/C22H18N2/c23-24-22-19-14-8-7-13-18(19)15-20(16-9-3-1-4-10-16)21(22)17-11-5-2-6-12-17/h1-15,24H,23H2. The summed E-state index contributed by atoms with van der Waals surface area (Å²) in [5.74, 6) is 5.95. The summed E-state index contributed by atoms with van der Waals surface area (Å²) in [5, 5.41) is 2.29. The molecule has 3 N–H and O–H groups in total. The third-order valence-electron chi connectivity index (χ3n) is 4.34. The molecule has 0 saturated carbocycles. The SMILES string of the molecule is NNc1c(-c2ccccc2)c(-c2ccccc2)cc2ccccc12. The Morgan fingerprint density at radius 1 is 0.625 bits per heavy atom. The van der Waals surface area contributed by atoms with E-state index in [1.165, 1.54) is 16.5 Å². The maximum absolute atomic E-state index is 5.95. The Morgan fingerprint density at radius 2 is 1.21 bits per heavy atom. The van der Waals surface area contributed by atoms with Gasteiger partial charge in [-0.3, -0.25) is 5.84 Å². The molecule has 0 aliphatic heterocycles.